The molecule has 3 rings (SSSR count). The third kappa shape index (κ3) is 2.11. The van der Waals surface area contributed by atoms with E-state index in [9.17, 15) is 0 Å². The Morgan fingerprint density at radius 2 is 1.75 bits per heavy atom. The van der Waals surface area contributed by atoms with Gasteiger partial charge in [-0.25, -0.2) is 4.98 Å². The van der Waals surface area contributed by atoms with Gasteiger partial charge in [0, 0.05) is 30.4 Å². The summed E-state index contributed by atoms with van der Waals surface area (Å²) in [6.07, 6.45) is 7.46. The van der Waals surface area contributed by atoms with E-state index in [0.717, 1.165) is 11.4 Å². The van der Waals surface area contributed by atoms with Crippen molar-refractivity contribution >= 4 is 0 Å². The van der Waals surface area contributed by atoms with Crippen molar-refractivity contribution in [3.05, 3.63) is 65.7 Å². The summed E-state index contributed by atoms with van der Waals surface area (Å²) < 4.78 is 2.14. The van der Waals surface area contributed by atoms with Crippen LogP contribution >= 0.6 is 0 Å². The van der Waals surface area contributed by atoms with Crippen LogP contribution in [-0.4, -0.2) is 14.5 Å². The second-order valence-electron chi connectivity index (χ2n) is 5.11. The minimum atomic E-state index is 0.924. The van der Waals surface area contributed by atoms with Crippen LogP contribution in [0.1, 0.15) is 16.7 Å². The van der Waals surface area contributed by atoms with E-state index < -0.39 is 0 Å². The Morgan fingerprint density at radius 1 is 1.00 bits per heavy atom. The predicted octanol–water partition coefficient (Wildman–Crippen LogP) is 3.86. The Hall–Kier alpha value is -2.42. The maximum absolute atomic E-state index is 4.49. The monoisotopic (exact) mass is 263 g/mol. The Bertz CT molecular complexity index is 719. The van der Waals surface area contributed by atoms with Gasteiger partial charge in [0.2, 0.25) is 0 Å². The molecule has 100 valence electrons. The molecule has 0 atom stereocenters. The lowest BCUT2D eigenvalue weighted by atomic mass is 10.0. The van der Waals surface area contributed by atoms with Gasteiger partial charge in [-0.05, 0) is 44.0 Å². The van der Waals surface area contributed by atoms with Gasteiger partial charge in [0.1, 0.15) is 5.82 Å². The first-order valence-corrected chi connectivity index (χ1v) is 6.69. The molecule has 2 heterocycles. The first-order valence-electron chi connectivity index (χ1n) is 6.69. The molecule has 2 aromatic heterocycles. The topological polar surface area (TPSA) is 30.7 Å². The second kappa shape index (κ2) is 4.93. The zero-order valence-corrected chi connectivity index (χ0v) is 12.0. The van der Waals surface area contributed by atoms with Gasteiger partial charge in [0.05, 0.1) is 5.69 Å². The fourth-order valence-corrected chi connectivity index (χ4v) is 2.74. The molecule has 1 aromatic carbocycles. The maximum Gasteiger partial charge on any atom is 0.146 e. The fraction of sp³-hybridized carbons (Fsp3) is 0.176. The fourth-order valence-electron chi connectivity index (χ4n) is 2.74. The summed E-state index contributed by atoms with van der Waals surface area (Å²) in [5, 5.41) is 0. The van der Waals surface area contributed by atoms with Crippen LogP contribution < -0.4 is 0 Å². The molecular formula is C17H17N3. The molecule has 3 aromatic rings. The van der Waals surface area contributed by atoms with Crippen molar-refractivity contribution in [1.82, 2.24) is 14.5 Å². The minimum absolute atomic E-state index is 0.924. The van der Waals surface area contributed by atoms with Crippen molar-refractivity contribution in [2.75, 3.05) is 0 Å². The van der Waals surface area contributed by atoms with Gasteiger partial charge in [-0.2, -0.15) is 0 Å². The molecular weight excluding hydrogens is 246 g/mol. The number of hydrogen-bond donors (Lipinski definition) is 0. The molecule has 0 N–H and O–H groups in total. The van der Waals surface area contributed by atoms with Crippen LogP contribution in [0.2, 0.25) is 0 Å². The van der Waals surface area contributed by atoms with Crippen molar-refractivity contribution in [2.45, 2.75) is 20.8 Å². The van der Waals surface area contributed by atoms with Gasteiger partial charge in [-0.3, -0.25) is 9.55 Å². The van der Waals surface area contributed by atoms with Crippen molar-refractivity contribution in [2.24, 2.45) is 0 Å². The Morgan fingerprint density at radius 3 is 2.40 bits per heavy atom. The summed E-state index contributed by atoms with van der Waals surface area (Å²) in [5.74, 6) is 0.924. The highest BCUT2D eigenvalue weighted by atomic mass is 15.1. The van der Waals surface area contributed by atoms with Gasteiger partial charge in [-0.15, -0.1) is 0 Å². The van der Waals surface area contributed by atoms with E-state index in [0.29, 0.717) is 0 Å². The van der Waals surface area contributed by atoms with Crippen molar-refractivity contribution in [3.63, 3.8) is 0 Å². The number of imidazole rings is 1. The van der Waals surface area contributed by atoms with Crippen LogP contribution in [0, 0.1) is 20.8 Å². The maximum atomic E-state index is 4.49. The number of aryl methyl sites for hydroxylation is 3. The van der Waals surface area contributed by atoms with Crippen LogP contribution in [0.3, 0.4) is 0 Å². The van der Waals surface area contributed by atoms with Crippen molar-refractivity contribution < 1.29 is 0 Å². The van der Waals surface area contributed by atoms with Gasteiger partial charge < -0.3 is 0 Å². The largest absolute Gasteiger partial charge is 0.299 e. The lowest BCUT2D eigenvalue weighted by molar-refractivity contribution is 1.03. The molecule has 0 fully saturated rings. The molecule has 0 spiro atoms. The van der Waals surface area contributed by atoms with Gasteiger partial charge in [0.15, 0.2) is 0 Å². The van der Waals surface area contributed by atoms with E-state index >= 15 is 0 Å². The first kappa shape index (κ1) is 12.6. The lowest BCUT2D eigenvalue weighted by Gasteiger charge is -2.15. The molecule has 0 aliphatic rings. The zero-order chi connectivity index (χ0) is 14.1. The van der Waals surface area contributed by atoms with E-state index in [1.54, 1.807) is 6.20 Å². The molecule has 0 bridgehead atoms. The molecule has 0 saturated heterocycles. The minimum Gasteiger partial charge on any atom is -0.299 e. The van der Waals surface area contributed by atoms with Crippen molar-refractivity contribution in [1.29, 1.82) is 0 Å². The van der Waals surface area contributed by atoms with Crippen LogP contribution in [0.15, 0.2) is 49.1 Å². The Kier molecular flexibility index (Phi) is 3.11. The predicted molar refractivity (Wildman–Crippen MR) is 81.0 cm³/mol. The number of pyridine rings is 1. The molecule has 0 saturated carbocycles. The lowest BCUT2D eigenvalue weighted by Crippen LogP contribution is -2.02. The smallest absolute Gasteiger partial charge is 0.146 e. The third-order valence-corrected chi connectivity index (χ3v) is 3.44. The summed E-state index contributed by atoms with van der Waals surface area (Å²) in [6, 6.07) is 8.37. The molecule has 0 aliphatic carbocycles. The second-order valence-corrected chi connectivity index (χ2v) is 5.11. The quantitative estimate of drug-likeness (QED) is 0.703. The van der Waals surface area contributed by atoms with E-state index in [4.69, 9.17) is 0 Å². The number of benzene rings is 1. The molecule has 0 radical (unpaired) electrons. The van der Waals surface area contributed by atoms with Crippen molar-refractivity contribution in [3.8, 4) is 17.1 Å². The van der Waals surface area contributed by atoms with Crippen LogP contribution in [0.4, 0.5) is 0 Å². The SMILES string of the molecule is Cc1cc(C)c(-n2ccnc2-c2cccnc2)c(C)c1. The van der Waals surface area contributed by atoms with E-state index in [2.05, 4.69) is 47.4 Å². The highest BCUT2D eigenvalue weighted by molar-refractivity contribution is 5.60. The summed E-state index contributed by atoms with van der Waals surface area (Å²) in [7, 11) is 0. The van der Waals surface area contributed by atoms with Crippen LogP contribution in [0.5, 0.6) is 0 Å². The molecule has 0 unspecified atom stereocenters. The van der Waals surface area contributed by atoms with Gasteiger partial charge in [-0.1, -0.05) is 17.7 Å². The van der Waals surface area contributed by atoms with E-state index in [1.807, 2.05) is 30.7 Å². The normalized spacial score (nSPS) is 10.8. The number of nitrogens with zero attached hydrogens (tertiary/aromatic N) is 3. The summed E-state index contributed by atoms with van der Waals surface area (Å²) >= 11 is 0. The Labute approximate surface area is 118 Å². The summed E-state index contributed by atoms with van der Waals surface area (Å²) in [5.41, 5.74) is 6.02. The molecule has 3 heteroatoms. The van der Waals surface area contributed by atoms with Crippen LogP contribution in [-0.2, 0) is 0 Å². The van der Waals surface area contributed by atoms with E-state index in [1.165, 1.54) is 22.4 Å². The average Bonchev–Trinajstić information content (AvgIpc) is 2.87. The average molecular weight is 263 g/mol. The zero-order valence-electron chi connectivity index (χ0n) is 12.0. The number of aromatic nitrogens is 3. The highest BCUT2D eigenvalue weighted by Gasteiger charge is 2.12. The Balaban J connectivity index is 2.21. The van der Waals surface area contributed by atoms with Gasteiger partial charge in [0.25, 0.3) is 0 Å². The molecule has 20 heavy (non-hydrogen) atoms. The highest BCUT2D eigenvalue weighted by Crippen LogP contribution is 2.26. The van der Waals surface area contributed by atoms with Gasteiger partial charge >= 0.3 is 0 Å². The standard InChI is InChI=1S/C17H17N3/c1-12-9-13(2)16(14(3)10-12)20-8-7-19-17(20)15-5-4-6-18-11-15/h4-11H,1-3H3. The number of hydrogen-bond acceptors (Lipinski definition) is 2. The molecule has 3 nitrogen and oxygen atoms in total. The number of rotatable bonds is 2. The summed E-state index contributed by atoms with van der Waals surface area (Å²) in [4.78, 5) is 8.67. The molecule has 0 aliphatic heterocycles. The third-order valence-electron chi connectivity index (χ3n) is 3.44. The van der Waals surface area contributed by atoms with E-state index in [-0.39, 0.29) is 0 Å². The summed E-state index contributed by atoms with van der Waals surface area (Å²) in [6.45, 7) is 6.41. The van der Waals surface area contributed by atoms with Crippen LogP contribution in [0.25, 0.3) is 17.1 Å². The molecule has 0 amide bonds. The first-order chi connectivity index (χ1) is 9.66.